The van der Waals surface area contributed by atoms with E-state index >= 15 is 0 Å². The molecule has 5 heteroatoms. The molecule has 1 saturated heterocycles. The number of hydrogen-bond donors (Lipinski definition) is 3. The molecule has 1 fully saturated rings. The molecule has 1 heterocycles. The summed E-state index contributed by atoms with van der Waals surface area (Å²) in [7, 11) is 0. The molecular weight excluding hydrogens is 246 g/mol. The van der Waals surface area contributed by atoms with Crippen LogP contribution >= 0.6 is 0 Å². The molecule has 0 spiro atoms. The lowest BCUT2D eigenvalue weighted by Gasteiger charge is -2.29. The Kier molecular flexibility index (Phi) is 3.57. The first-order chi connectivity index (χ1) is 8.92. The van der Waals surface area contributed by atoms with Crippen LogP contribution in [0.4, 0.5) is 0 Å². The molecule has 0 saturated carbocycles. The predicted molar refractivity (Wildman–Crippen MR) is 68.7 cm³/mol. The zero-order valence-electron chi connectivity index (χ0n) is 10.7. The van der Waals surface area contributed by atoms with Gasteiger partial charge in [0.05, 0.1) is 6.42 Å². The summed E-state index contributed by atoms with van der Waals surface area (Å²) in [5, 5.41) is 21.2. The Morgan fingerprint density at radius 2 is 1.95 bits per heavy atom. The summed E-state index contributed by atoms with van der Waals surface area (Å²) >= 11 is 0. The van der Waals surface area contributed by atoms with Gasteiger partial charge in [0.2, 0.25) is 0 Å². The maximum Gasteiger partial charge on any atom is 0.320 e. The fraction of sp³-hybridized carbons (Fsp3) is 0.429. The molecular formula is C14H17NO4. The maximum atomic E-state index is 11.1. The van der Waals surface area contributed by atoms with E-state index in [0.29, 0.717) is 6.42 Å². The second-order valence-corrected chi connectivity index (χ2v) is 5.33. The van der Waals surface area contributed by atoms with Crippen LogP contribution in [-0.4, -0.2) is 28.2 Å². The number of hydrogen-bond acceptors (Lipinski definition) is 3. The van der Waals surface area contributed by atoms with E-state index in [4.69, 9.17) is 10.2 Å². The van der Waals surface area contributed by atoms with Crippen LogP contribution in [0.1, 0.15) is 31.4 Å². The van der Waals surface area contributed by atoms with E-state index in [1.807, 2.05) is 37.3 Å². The van der Waals surface area contributed by atoms with Gasteiger partial charge in [-0.2, -0.15) is 0 Å². The Hall–Kier alpha value is -1.88. The molecule has 3 N–H and O–H groups in total. The number of benzene rings is 1. The molecule has 5 nitrogen and oxygen atoms in total. The summed E-state index contributed by atoms with van der Waals surface area (Å²) < 4.78 is 0. The van der Waals surface area contributed by atoms with Crippen molar-refractivity contribution in [1.29, 1.82) is 0 Å². The average Bonchev–Trinajstić information content (AvgIpc) is 2.67. The first kappa shape index (κ1) is 13.5. The standard InChI is InChI=1S/C14H17NO4/c1-14(8-11(16)17)7-10(13(18)19)15-12(14)9-5-3-2-4-6-9/h2-6,10,12,15H,7-8H2,1H3,(H,16,17)(H,18,19)/t10-,12?,14?/m0/s1. The van der Waals surface area contributed by atoms with Gasteiger partial charge in [-0.05, 0) is 17.4 Å². The van der Waals surface area contributed by atoms with Gasteiger partial charge < -0.3 is 10.2 Å². The topological polar surface area (TPSA) is 86.6 Å². The van der Waals surface area contributed by atoms with Crippen LogP contribution in [0.25, 0.3) is 0 Å². The van der Waals surface area contributed by atoms with Gasteiger partial charge in [-0.1, -0.05) is 37.3 Å². The van der Waals surface area contributed by atoms with Crippen molar-refractivity contribution in [3.05, 3.63) is 35.9 Å². The van der Waals surface area contributed by atoms with Crippen molar-refractivity contribution in [2.24, 2.45) is 5.41 Å². The second kappa shape index (κ2) is 5.01. The van der Waals surface area contributed by atoms with Gasteiger partial charge in [0, 0.05) is 6.04 Å². The Bertz CT molecular complexity index is 487. The smallest absolute Gasteiger partial charge is 0.320 e. The molecule has 19 heavy (non-hydrogen) atoms. The van der Waals surface area contributed by atoms with E-state index in [0.717, 1.165) is 5.56 Å². The van der Waals surface area contributed by atoms with Crippen LogP contribution in [-0.2, 0) is 9.59 Å². The molecule has 0 aliphatic carbocycles. The van der Waals surface area contributed by atoms with Crippen molar-refractivity contribution in [2.75, 3.05) is 0 Å². The molecule has 0 aromatic heterocycles. The van der Waals surface area contributed by atoms with E-state index in [-0.39, 0.29) is 12.5 Å². The molecule has 2 rings (SSSR count). The van der Waals surface area contributed by atoms with Crippen LogP contribution in [0.15, 0.2) is 30.3 Å². The lowest BCUT2D eigenvalue weighted by Crippen LogP contribution is -2.32. The molecule has 1 aromatic carbocycles. The molecule has 102 valence electrons. The third-order valence-electron chi connectivity index (χ3n) is 3.72. The van der Waals surface area contributed by atoms with Crippen molar-refractivity contribution < 1.29 is 19.8 Å². The third-order valence-corrected chi connectivity index (χ3v) is 3.72. The fourth-order valence-electron chi connectivity index (χ4n) is 2.87. The summed E-state index contributed by atoms with van der Waals surface area (Å²) in [5.74, 6) is -1.84. The lowest BCUT2D eigenvalue weighted by atomic mass is 9.76. The number of carboxylic acids is 2. The van der Waals surface area contributed by atoms with Crippen LogP contribution in [0.5, 0.6) is 0 Å². The van der Waals surface area contributed by atoms with Gasteiger partial charge in [-0.15, -0.1) is 0 Å². The summed E-state index contributed by atoms with van der Waals surface area (Å²) in [6.45, 7) is 1.83. The van der Waals surface area contributed by atoms with Gasteiger partial charge in [0.25, 0.3) is 0 Å². The Morgan fingerprint density at radius 1 is 1.32 bits per heavy atom. The van der Waals surface area contributed by atoms with Gasteiger partial charge in [-0.3, -0.25) is 14.9 Å². The molecule has 1 aliphatic heterocycles. The molecule has 3 atom stereocenters. The molecule has 0 bridgehead atoms. The number of aliphatic carboxylic acids is 2. The van der Waals surface area contributed by atoms with Crippen molar-refractivity contribution in [2.45, 2.75) is 31.8 Å². The molecule has 0 radical (unpaired) electrons. The number of rotatable bonds is 4. The zero-order chi connectivity index (χ0) is 14.0. The van der Waals surface area contributed by atoms with Gasteiger partial charge in [0.15, 0.2) is 0 Å². The summed E-state index contributed by atoms with van der Waals surface area (Å²) in [4.78, 5) is 22.2. The van der Waals surface area contributed by atoms with E-state index in [1.165, 1.54) is 0 Å². The summed E-state index contributed by atoms with van der Waals surface area (Å²) in [6.07, 6.45) is 0.261. The highest BCUT2D eigenvalue weighted by Gasteiger charge is 2.47. The maximum absolute atomic E-state index is 11.1. The minimum atomic E-state index is -0.935. The third kappa shape index (κ3) is 2.76. The largest absolute Gasteiger partial charge is 0.481 e. The molecule has 0 amide bonds. The van der Waals surface area contributed by atoms with Gasteiger partial charge >= 0.3 is 11.9 Å². The lowest BCUT2D eigenvalue weighted by molar-refractivity contribution is -0.141. The predicted octanol–water partition coefficient (Wildman–Crippen LogP) is 1.66. The number of nitrogens with one attached hydrogen (secondary N) is 1. The summed E-state index contributed by atoms with van der Waals surface area (Å²) in [5.41, 5.74) is 0.325. The van der Waals surface area contributed by atoms with Crippen molar-refractivity contribution in [3.8, 4) is 0 Å². The number of carboxylic acid groups (broad SMARTS) is 2. The van der Waals surface area contributed by atoms with E-state index in [9.17, 15) is 9.59 Å². The highest BCUT2D eigenvalue weighted by Crippen LogP contribution is 2.46. The van der Waals surface area contributed by atoms with Crippen LogP contribution in [0.2, 0.25) is 0 Å². The van der Waals surface area contributed by atoms with E-state index in [2.05, 4.69) is 5.32 Å². The highest BCUT2D eigenvalue weighted by atomic mass is 16.4. The van der Waals surface area contributed by atoms with E-state index < -0.39 is 23.4 Å². The van der Waals surface area contributed by atoms with Crippen molar-refractivity contribution >= 4 is 11.9 Å². The Balaban J connectivity index is 2.32. The normalized spacial score (nSPS) is 30.2. The monoisotopic (exact) mass is 263 g/mol. The van der Waals surface area contributed by atoms with Gasteiger partial charge in [-0.25, -0.2) is 0 Å². The average molecular weight is 263 g/mol. The number of carbonyl (C=O) groups is 2. The minimum Gasteiger partial charge on any atom is -0.481 e. The highest BCUT2D eigenvalue weighted by molar-refractivity contribution is 5.75. The minimum absolute atomic E-state index is 0.0522. The first-order valence-corrected chi connectivity index (χ1v) is 6.18. The first-order valence-electron chi connectivity index (χ1n) is 6.18. The van der Waals surface area contributed by atoms with Crippen LogP contribution in [0, 0.1) is 5.41 Å². The van der Waals surface area contributed by atoms with Crippen molar-refractivity contribution in [3.63, 3.8) is 0 Å². The van der Waals surface area contributed by atoms with Crippen molar-refractivity contribution in [1.82, 2.24) is 5.32 Å². The molecule has 1 aromatic rings. The fourth-order valence-corrected chi connectivity index (χ4v) is 2.87. The van der Waals surface area contributed by atoms with Crippen LogP contribution in [0.3, 0.4) is 0 Å². The Labute approximate surface area is 111 Å². The van der Waals surface area contributed by atoms with Crippen LogP contribution < -0.4 is 5.32 Å². The quantitative estimate of drug-likeness (QED) is 0.769. The Morgan fingerprint density at radius 3 is 2.47 bits per heavy atom. The summed E-state index contributed by atoms with van der Waals surface area (Å²) in [6, 6.07) is 8.44. The SMILES string of the molecule is CC1(CC(=O)O)C[C@@H](C(=O)O)NC1c1ccccc1. The molecule has 1 aliphatic rings. The van der Waals surface area contributed by atoms with Gasteiger partial charge in [0.1, 0.15) is 6.04 Å². The zero-order valence-corrected chi connectivity index (χ0v) is 10.7. The molecule has 2 unspecified atom stereocenters. The second-order valence-electron chi connectivity index (χ2n) is 5.33. The van der Waals surface area contributed by atoms with E-state index in [1.54, 1.807) is 0 Å².